The van der Waals surface area contributed by atoms with Crippen molar-refractivity contribution in [2.24, 2.45) is 0 Å². The second kappa shape index (κ2) is 6.88. The van der Waals surface area contributed by atoms with E-state index in [2.05, 4.69) is 4.98 Å². The minimum Gasteiger partial charge on any atom is -0.399 e. The molecule has 0 radical (unpaired) electrons. The standard InChI is InChI=1S/C17H21N3O/c1-13(14-6-5-7-15(18)12-14)17(21)20(2)11-9-16-8-3-4-10-19-16/h3-8,10,12-13H,9,11,18H2,1-2H3. The lowest BCUT2D eigenvalue weighted by atomic mass is 9.99. The van der Waals surface area contributed by atoms with Crippen LogP contribution in [-0.4, -0.2) is 29.4 Å². The number of hydrogen-bond acceptors (Lipinski definition) is 3. The number of anilines is 1. The van der Waals surface area contributed by atoms with E-state index in [9.17, 15) is 4.79 Å². The lowest BCUT2D eigenvalue weighted by Crippen LogP contribution is -2.32. The molecule has 4 nitrogen and oxygen atoms in total. The van der Waals surface area contributed by atoms with E-state index < -0.39 is 0 Å². The molecular weight excluding hydrogens is 262 g/mol. The van der Waals surface area contributed by atoms with Crippen LogP contribution in [0.15, 0.2) is 48.7 Å². The predicted octanol–water partition coefficient (Wildman–Crippen LogP) is 2.47. The summed E-state index contributed by atoms with van der Waals surface area (Å²) >= 11 is 0. The molecule has 0 saturated carbocycles. The zero-order chi connectivity index (χ0) is 15.2. The lowest BCUT2D eigenvalue weighted by molar-refractivity contribution is -0.131. The fourth-order valence-electron chi connectivity index (χ4n) is 2.24. The first-order valence-electron chi connectivity index (χ1n) is 7.08. The molecule has 0 spiro atoms. The SMILES string of the molecule is CC(C(=O)N(C)CCc1ccccn1)c1cccc(N)c1. The Labute approximate surface area is 125 Å². The molecule has 0 saturated heterocycles. The number of likely N-dealkylation sites (N-methyl/N-ethyl adjacent to an activating group) is 1. The summed E-state index contributed by atoms with van der Waals surface area (Å²) in [7, 11) is 1.83. The van der Waals surface area contributed by atoms with Crippen LogP contribution in [0.4, 0.5) is 5.69 Å². The second-order valence-corrected chi connectivity index (χ2v) is 5.22. The van der Waals surface area contributed by atoms with E-state index in [0.29, 0.717) is 12.2 Å². The average Bonchev–Trinajstić information content (AvgIpc) is 2.52. The topological polar surface area (TPSA) is 59.2 Å². The van der Waals surface area contributed by atoms with Crippen molar-refractivity contribution in [3.63, 3.8) is 0 Å². The van der Waals surface area contributed by atoms with Crippen molar-refractivity contribution in [3.8, 4) is 0 Å². The van der Waals surface area contributed by atoms with Crippen molar-refractivity contribution in [2.75, 3.05) is 19.3 Å². The Balaban J connectivity index is 1.95. The maximum Gasteiger partial charge on any atom is 0.229 e. The van der Waals surface area contributed by atoms with Gasteiger partial charge in [0.1, 0.15) is 0 Å². The highest BCUT2D eigenvalue weighted by Crippen LogP contribution is 2.19. The zero-order valence-corrected chi connectivity index (χ0v) is 12.5. The summed E-state index contributed by atoms with van der Waals surface area (Å²) in [6.45, 7) is 2.57. The summed E-state index contributed by atoms with van der Waals surface area (Å²) in [4.78, 5) is 18.5. The minimum absolute atomic E-state index is 0.0940. The molecule has 1 amide bonds. The van der Waals surface area contributed by atoms with Crippen LogP contribution in [0.25, 0.3) is 0 Å². The molecule has 0 aliphatic carbocycles. The van der Waals surface area contributed by atoms with Gasteiger partial charge in [-0.05, 0) is 36.8 Å². The van der Waals surface area contributed by atoms with Crippen LogP contribution in [0.1, 0.15) is 24.1 Å². The lowest BCUT2D eigenvalue weighted by Gasteiger charge is -2.21. The van der Waals surface area contributed by atoms with Gasteiger partial charge in [0.2, 0.25) is 5.91 Å². The average molecular weight is 283 g/mol. The summed E-state index contributed by atoms with van der Waals surface area (Å²) in [5, 5.41) is 0. The van der Waals surface area contributed by atoms with Crippen LogP contribution in [-0.2, 0) is 11.2 Å². The van der Waals surface area contributed by atoms with Gasteiger partial charge in [0, 0.05) is 37.6 Å². The third-order valence-electron chi connectivity index (χ3n) is 3.59. The third-order valence-corrected chi connectivity index (χ3v) is 3.59. The summed E-state index contributed by atoms with van der Waals surface area (Å²) in [6, 6.07) is 13.3. The number of nitrogen functional groups attached to an aromatic ring is 1. The smallest absolute Gasteiger partial charge is 0.229 e. The number of carbonyl (C=O) groups excluding carboxylic acids is 1. The molecular formula is C17H21N3O. The van der Waals surface area contributed by atoms with Crippen molar-refractivity contribution in [1.29, 1.82) is 0 Å². The Hall–Kier alpha value is -2.36. The van der Waals surface area contributed by atoms with Crippen LogP contribution < -0.4 is 5.73 Å². The van der Waals surface area contributed by atoms with Gasteiger partial charge in [0.15, 0.2) is 0 Å². The number of nitrogens with zero attached hydrogens (tertiary/aromatic N) is 2. The second-order valence-electron chi connectivity index (χ2n) is 5.22. The van der Waals surface area contributed by atoms with E-state index in [4.69, 9.17) is 5.73 Å². The van der Waals surface area contributed by atoms with Gasteiger partial charge in [0.25, 0.3) is 0 Å². The third kappa shape index (κ3) is 4.05. The Bertz CT molecular complexity index is 598. The Morgan fingerprint density at radius 3 is 2.76 bits per heavy atom. The van der Waals surface area contributed by atoms with Crippen LogP contribution in [0, 0.1) is 0 Å². The number of carbonyl (C=O) groups is 1. The van der Waals surface area contributed by atoms with Gasteiger partial charge < -0.3 is 10.6 Å². The van der Waals surface area contributed by atoms with Gasteiger partial charge in [-0.2, -0.15) is 0 Å². The van der Waals surface area contributed by atoms with E-state index >= 15 is 0 Å². The molecule has 1 heterocycles. The molecule has 1 aromatic heterocycles. The number of benzene rings is 1. The summed E-state index contributed by atoms with van der Waals surface area (Å²) in [6.07, 6.45) is 2.53. The number of hydrogen-bond donors (Lipinski definition) is 1. The highest BCUT2D eigenvalue weighted by atomic mass is 16.2. The zero-order valence-electron chi connectivity index (χ0n) is 12.5. The largest absolute Gasteiger partial charge is 0.399 e. The quantitative estimate of drug-likeness (QED) is 0.858. The molecule has 2 N–H and O–H groups in total. The molecule has 0 aliphatic rings. The fourth-order valence-corrected chi connectivity index (χ4v) is 2.24. The molecule has 110 valence electrons. The minimum atomic E-state index is -0.192. The first kappa shape index (κ1) is 15.0. The summed E-state index contributed by atoms with van der Waals surface area (Å²) in [5.41, 5.74) is 8.40. The van der Waals surface area contributed by atoms with Gasteiger partial charge in [-0.15, -0.1) is 0 Å². The molecule has 0 bridgehead atoms. The van der Waals surface area contributed by atoms with Gasteiger partial charge in [-0.3, -0.25) is 9.78 Å². The van der Waals surface area contributed by atoms with Gasteiger partial charge in [-0.1, -0.05) is 18.2 Å². The van der Waals surface area contributed by atoms with Crippen LogP contribution >= 0.6 is 0 Å². The molecule has 1 atom stereocenters. The van der Waals surface area contributed by atoms with Crippen LogP contribution in [0.3, 0.4) is 0 Å². The first-order valence-corrected chi connectivity index (χ1v) is 7.08. The number of rotatable bonds is 5. The number of pyridine rings is 1. The highest BCUT2D eigenvalue weighted by Gasteiger charge is 2.19. The van der Waals surface area contributed by atoms with E-state index in [1.54, 1.807) is 11.1 Å². The molecule has 4 heteroatoms. The number of nitrogens with two attached hydrogens (primary N) is 1. The van der Waals surface area contributed by atoms with Crippen molar-refractivity contribution >= 4 is 11.6 Å². The van der Waals surface area contributed by atoms with Crippen LogP contribution in [0.5, 0.6) is 0 Å². The van der Waals surface area contributed by atoms with E-state index in [0.717, 1.165) is 17.7 Å². The number of amides is 1. The van der Waals surface area contributed by atoms with Crippen molar-refractivity contribution in [1.82, 2.24) is 9.88 Å². The highest BCUT2D eigenvalue weighted by molar-refractivity contribution is 5.83. The predicted molar refractivity (Wildman–Crippen MR) is 84.8 cm³/mol. The van der Waals surface area contributed by atoms with E-state index in [1.807, 2.05) is 56.4 Å². The summed E-state index contributed by atoms with van der Waals surface area (Å²) in [5.74, 6) is -0.0984. The van der Waals surface area contributed by atoms with Crippen molar-refractivity contribution in [3.05, 3.63) is 59.9 Å². The molecule has 0 aliphatic heterocycles. The van der Waals surface area contributed by atoms with Gasteiger partial charge in [0.05, 0.1) is 5.92 Å². The molecule has 1 aromatic carbocycles. The van der Waals surface area contributed by atoms with Crippen LogP contribution in [0.2, 0.25) is 0 Å². The first-order chi connectivity index (χ1) is 10.1. The van der Waals surface area contributed by atoms with Crippen molar-refractivity contribution < 1.29 is 4.79 Å². The molecule has 21 heavy (non-hydrogen) atoms. The normalized spacial score (nSPS) is 11.9. The Kier molecular flexibility index (Phi) is 4.93. The maximum absolute atomic E-state index is 12.4. The van der Waals surface area contributed by atoms with Gasteiger partial charge in [-0.25, -0.2) is 0 Å². The van der Waals surface area contributed by atoms with E-state index in [1.165, 1.54) is 0 Å². The molecule has 0 fully saturated rings. The van der Waals surface area contributed by atoms with E-state index in [-0.39, 0.29) is 11.8 Å². The maximum atomic E-state index is 12.4. The number of aromatic nitrogens is 1. The summed E-state index contributed by atoms with van der Waals surface area (Å²) < 4.78 is 0. The molecule has 1 unspecified atom stereocenters. The monoisotopic (exact) mass is 283 g/mol. The van der Waals surface area contributed by atoms with Crippen molar-refractivity contribution in [2.45, 2.75) is 19.3 Å². The molecule has 2 rings (SSSR count). The molecule has 2 aromatic rings. The van der Waals surface area contributed by atoms with Gasteiger partial charge >= 0.3 is 0 Å². The Morgan fingerprint density at radius 1 is 1.29 bits per heavy atom. The Morgan fingerprint density at radius 2 is 2.10 bits per heavy atom. The fraction of sp³-hybridized carbons (Fsp3) is 0.294.